The molecule has 0 amide bonds. The number of hydrogen-bond acceptors (Lipinski definition) is 1. The van der Waals surface area contributed by atoms with E-state index in [0.29, 0.717) is 17.7 Å². The number of rotatable bonds is 2. The highest BCUT2D eigenvalue weighted by Gasteiger charge is 2.29. The third kappa shape index (κ3) is 3.01. The van der Waals surface area contributed by atoms with Crippen LogP contribution in [0, 0.1) is 11.8 Å². The average Bonchev–Trinajstić information content (AvgIpc) is 2.57. The molecule has 0 fully saturated rings. The highest BCUT2D eigenvalue weighted by atomic mass is 19.4. The molecule has 2 rings (SSSR count). The molecule has 0 aliphatic heterocycles. The molecule has 0 bridgehead atoms. The predicted molar refractivity (Wildman–Crippen MR) is 58.7 cm³/mol. The van der Waals surface area contributed by atoms with Gasteiger partial charge in [-0.05, 0) is 24.7 Å². The monoisotopic (exact) mass is 246 g/mol. The van der Waals surface area contributed by atoms with Crippen molar-refractivity contribution in [3.05, 3.63) is 17.2 Å². The molecule has 1 aliphatic rings. The third-order valence-corrected chi connectivity index (χ3v) is 3.57. The zero-order valence-corrected chi connectivity index (χ0v) is 10.1. The molecule has 1 aromatic rings. The van der Waals surface area contributed by atoms with Crippen molar-refractivity contribution >= 4 is 0 Å². The molecule has 0 aromatic carbocycles. The van der Waals surface area contributed by atoms with E-state index in [-0.39, 0.29) is 6.42 Å². The lowest BCUT2D eigenvalue weighted by molar-refractivity contribution is -0.134. The summed E-state index contributed by atoms with van der Waals surface area (Å²) >= 11 is 0. The lowest BCUT2D eigenvalue weighted by Gasteiger charge is -2.24. The van der Waals surface area contributed by atoms with Gasteiger partial charge in [0.2, 0.25) is 0 Å². The predicted octanol–water partition coefficient (Wildman–Crippen LogP) is 3.28. The second-order valence-corrected chi connectivity index (χ2v) is 5.09. The van der Waals surface area contributed by atoms with Gasteiger partial charge in [0.1, 0.15) is 5.82 Å². The first kappa shape index (κ1) is 12.5. The van der Waals surface area contributed by atoms with Crippen LogP contribution in [-0.4, -0.2) is 16.1 Å². The molecule has 0 saturated heterocycles. The van der Waals surface area contributed by atoms with Gasteiger partial charge in [0.15, 0.2) is 0 Å². The van der Waals surface area contributed by atoms with E-state index in [2.05, 4.69) is 23.8 Å². The first-order valence-electron chi connectivity index (χ1n) is 5.98. The van der Waals surface area contributed by atoms with E-state index in [4.69, 9.17) is 0 Å². The summed E-state index contributed by atoms with van der Waals surface area (Å²) in [7, 11) is 0. The zero-order chi connectivity index (χ0) is 12.6. The van der Waals surface area contributed by atoms with E-state index >= 15 is 0 Å². The maximum Gasteiger partial charge on any atom is 0.389 e. The first-order chi connectivity index (χ1) is 7.85. The van der Waals surface area contributed by atoms with Gasteiger partial charge in [-0.25, -0.2) is 4.98 Å². The Bertz CT molecular complexity index is 367. The number of nitrogens with one attached hydrogen (secondary N) is 1. The molecule has 0 radical (unpaired) electrons. The Labute approximate surface area is 98.6 Å². The maximum absolute atomic E-state index is 12.1. The number of H-pyrrole nitrogens is 1. The molecular formula is C12H17F3N2. The molecule has 1 N–H and O–H groups in total. The lowest BCUT2D eigenvalue weighted by Crippen LogP contribution is -2.20. The van der Waals surface area contributed by atoms with Crippen molar-refractivity contribution in [3.8, 4) is 0 Å². The van der Waals surface area contributed by atoms with Crippen LogP contribution < -0.4 is 0 Å². The van der Waals surface area contributed by atoms with E-state index in [0.717, 1.165) is 24.2 Å². The van der Waals surface area contributed by atoms with Crippen LogP contribution in [0.3, 0.4) is 0 Å². The number of aryl methyl sites for hydroxylation is 1. The SMILES string of the molecule is CC1Cc2nc(CCC(F)(F)F)[nH]c2CC1C. The van der Waals surface area contributed by atoms with Crippen LogP contribution in [0.2, 0.25) is 0 Å². The highest BCUT2D eigenvalue weighted by Crippen LogP contribution is 2.29. The van der Waals surface area contributed by atoms with Gasteiger partial charge in [0, 0.05) is 12.1 Å². The Kier molecular flexibility index (Phi) is 3.19. The molecular weight excluding hydrogens is 229 g/mol. The molecule has 1 aliphatic carbocycles. The summed E-state index contributed by atoms with van der Waals surface area (Å²) in [4.78, 5) is 7.33. The highest BCUT2D eigenvalue weighted by molar-refractivity contribution is 5.19. The van der Waals surface area contributed by atoms with Crippen molar-refractivity contribution in [3.63, 3.8) is 0 Å². The van der Waals surface area contributed by atoms with Gasteiger partial charge in [0.05, 0.1) is 12.1 Å². The maximum atomic E-state index is 12.1. The van der Waals surface area contributed by atoms with Gasteiger partial charge in [-0.3, -0.25) is 0 Å². The Morgan fingerprint density at radius 1 is 1.24 bits per heavy atom. The minimum atomic E-state index is -4.10. The summed E-state index contributed by atoms with van der Waals surface area (Å²) in [6.45, 7) is 4.33. The van der Waals surface area contributed by atoms with Crippen LogP contribution >= 0.6 is 0 Å². The fourth-order valence-electron chi connectivity index (χ4n) is 2.25. The summed E-state index contributed by atoms with van der Waals surface area (Å²) in [5.41, 5.74) is 2.00. The minimum Gasteiger partial charge on any atom is -0.346 e. The number of halogens is 3. The normalized spacial score (nSPS) is 24.8. The Hall–Kier alpha value is -1.00. The van der Waals surface area contributed by atoms with Gasteiger partial charge in [-0.1, -0.05) is 13.8 Å². The fraction of sp³-hybridized carbons (Fsp3) is 0.750. The van der Waals surface area contributed by atoms with Gasteiger partial charge < -0.3 is 4.98 Å². The summed E-state index contributed by atoms with van der Waals surface area (Å²) in [5, 5.41) is 0. The summed E-state index contributed by atoms with van der Waals surface area (Å²) in [6.07, 6.45) is -3.17. The Morgan fingerprint density at radius 2 is 1.88 bits per heavy atom. The second kappa shape index (κ2) is 4.35. The summed E-state index contributed by atoms with van der Waals surface area (Å²) in [6, 6.07) is 0. The van der Waals surface area contributed by atoms with Crippen LogP contribution in [0.4, 0.5) is 13.2 Å². The number of aromatic amines is 1. The van der Waals surface area contributed by atoms with E-state index in [1.807, 2.05) is 0 Å². The van der Waals surface area contributed by atoms with Crippen LogP contribution in [0.5, 0.6) is 0 Å². The molecule has 96 valence electrons. The van der Waals surface area contributed by atoms with E-state index in [1.165, 1.54) is 0 Å². The fourth-order valence-corrected chi connectivity index (χ4v) is 2.25. The van der Waals surface area contributed by atoms with Gasteiger partial charge in [0.25, 0.3) is 0 Å². The van der Waals surface area contributed by atoms with Gasteiger partial charge in [-0.2, -0.15) is 13.2 Å². The minimum absolute atomic E-state index is 0.0424. The van der Waals surface area contributed by atoms with Crippen molar-refractivity contribution < 1.29 is 13.2 Å². The topological polar surface area (TPSA) is 28.7 Å². The number of alkyl halides is 3. The van der Waals surface area contributed by atoms with E-state index < -0.39 is 12.6 Å². The number of nitrogens with zero attached hydrogens (tertiary/aromatic N) is 1. The van der Waals surface area contributed by atoms with Crippen molar-refractivity contribution in [2.24, 2.45) is 11.8 Å². The molecule has 0 saturated carbocycles. The van der Waals surface area contributed by atoms with Crippen molar-refractivity contribution in [1.29, 1.82) is 0 Å². The molecule has 2 unspecified atom stereocenters. The van der Waals surface area contributed by atoms with Crippen molar-refractivity contribution in [2.45, 2.75) is 45.7 Å². The number of imidazole rings is 1. The standard InChI is InChI=1S/C12H17F3N2/c1-7-5-9-10(6-8(7)2)17-11(16-9)3-4-12(13,14)15/h7-8H,3-6H2,1-2H3,(H,16,17). The van der Waals surface area contributed by atoms with Crippen molar-refractivity contribution in [1.82, 2.24) is 9.97 Å². The number of hydrogen-bond donors (Lipinski definition) is 1. The van der Waals surface area contributed by atoms with Gasteiger partial charge >= 0.3 is 6.18 Å². The zero-order valence-electron chi connectivity index (χ0n) is 10.1. The van der Waals surface area contributed by atoms with Crippen LogP contribution in [-0.2, 0) is 19.3 Å². The Morgan fingerprint density at radius 3 is 2.53 bits per heavy atom. The molecule has 2 atom stereocenters. The number of aromatic nitrogens is 2. The second-order valence-electron chi connectivity index (χ2n) is 5.09. The largest absolute Gasteiger partial charge is 0.389 e. The van der Waals surface area contributed by atoms with E-state index in [1.54, 1.807) is 0 Å². The Balaban J connectivity index is 2.05. The number of fused-ring (bicyclic) bond motifs is 1. The first-order valence-corrected chi connectivity index (χ1v) is 5.98. The summed E-state index contributed by atoms with van der Waals surface area (Å²) in [5.74, 6) is 1.60. The van der Waals surface area contributed by atoms with Gasteiger partial charge in [-0.15, -0.1) is 0 Å². The molecule has 0 spiro atoms. The molecule has 1 heterocycles. The van der Waals surface area contributed by atoms with Crippen LogP contribution in [0.25, 0.3) is 0 Å². The van der Waals surface area contributed by atoms with E-state index in [9.17, 15) is 13.2 Å². The lowest BCUT2D eigenvalue weighted by atomic mass is 9.82. The third-order valence-electron chi connectivity index (χ3n) is 3.57. The van der Waals surface area contributed by atoms with Crippen LogP contribution in [0.1, 0.15) is 37.5 Å². The smallest absolute Gasteiger partial charge is 0.346 e. The quantitative estimate of drug-likeness (QED) is 0.852. The molecule has 17 heavy (non-hydrogen) atoms. The molecule has 2 nitrogen and oxygen atoms in total. The average molecular weight is 246 g/mol. The summed E-state index contributed by atoms with van der Waals surface area (Å²) < 4.78 is 36.3. The van der Waals surface area contributed by atoms with Crippen molar-refractivity contribution in [2.75, 3.05) is 0 Å². The molecule has 1 aromatic heterocycles. The van der Waals surface area contributed by atoms with Crippen LogP contribution in [0.15, 0.2) is 0 Å². The molecule has 5 heteroatoms.